The van der Waals surface area contributed by atoms with E-state index in [2.05, 4.69) is 0 Å². The van der Waals surface area contributed by atoms with Crippen LogP contribution in [0.2, 0.25) is 0 Å². The van der Waals surface area contributed by atoms with Crippen LogP contribution in [0.15, 0.2) is 84.6 Å². The van der Waals surface area contributed by atoms with Gasteiger partial charge < -0.3 is 19.5 Å². The van der Waals surface area contributed by atoms with E-state index in [1.54, 1.807) is 19.1 Å². The zero-order valence-corrected chi connectivity index (χ0v) is 16.9. The molecular formula is C25H23NO4. The van der Waals surface area contributed by atoms with Crippen molar-refractivity contribution in [3.8, 4) is 11.5 Å². The van der Waals surface area contributed by atoms with E-state index in [9.17, 15) is 9.90 Å². The summed E-state index contributed by atoms with van der Waals surface area (Å²) in [4.78, 5) is 14.8. The first-order valence-corrected chi connectivity index (χ1v) is 9.69. The summed E-state index contributed by atoms with van der Waals surface area (Å²) in [5.74, 6) is 0.782. The Kier molecular flexibility index (Phi) is 5.44. The molecule has 3 aromatic carbocycles. The van der Waals surface area contributed by atoms with Crippen molar-refractivity contribution in [3.63, 3.8) is 0 Å². The molecule has 0 fully saturated rings. The first kappa shape index (κ1) is 19.6. The lowest BCUT2D eigenvalue weighted by molar-refractivity contribution is -0.130. The minimum absolute atomic E-state index is 0.232. The molecule has 0 bridgehead atoms. The monoisotopic (exact) mass is 401 g/mol. The van der Waals surface area contributed by atoms with E-state index < -0.39 is 11.9 Å². The standard InChI is InChI=1S/C25H23NO4/c1-29-20-14-12-17(13-15-20)22-23(18-8-4-3-5-9-18)26(25(28)24(22)27)16-19-10-6-7-11-21(19)30-2/h3-15,23,27H,16H2,1-2H3/t23-/m0/s1. The first-order valence-electron chi connectivity index (χ1n) is 9.69. The largest absolute Gasteiger partial charge is 0.503 e. The Hall–Kier alpha value is -3.73. The number of ether oxygens (including phenoxy) is 2. The van der Waals surface area contributed by atoms with E-state index in [4.69, 9.17) is 9.47 Å². The third kappa shape index (κ3) is 3.50. The number of carbonyl (C=O) groups excluding carboxylic acids is 1. The summed E-state index contributed by atoms with van der Waals surface area (Å²) in [5.41, 5.74) is 3.16. The van der Waals surface area contributed by atoms with Crippen molar-refractivity contribution in [2.24, 2.45) is 0 Å². The number of nitrogens with zero attached hydrogens (tertiary/aromatic N) is 1. The molecule has 0 saturated carbocycles. The first-order chi connectivity index (χ1) is 14.6. The number of hydrogen-bond acceptors (Lipinski definition) is 4. The Labute approximate surface area is 175 Å². The molecule has 1 amide bonds. The van der Waals surface area contributed by atoms with Crippen molar-refractivity contribution in [2.75, 3.05) is 14.2 Å². The van der Waals surface area contributed by atoms with E-state index in [0.717, 1.165) is 16.7 Å². The molecule has 1 atom stereocenters. The van der Waals surface area contributed by atoms with E-state index in [1.165, 1.54) is 0 Å². The van der Waals surface area contributed by atoms with Gasteiger partial charge in [0.2, 0.25) is 0 Å². The van der Waals surface area contributed by atoms with Gasteiger partial charge in [-0.05, 0) is 29.3 Å². The van der Waals surface area contributed by atoms with Crippen LogP contribution in [0.5, 0.6) is 11.5 Å². The van der Waals surface area contributed by atoms with Gasteiger partial charge in [0.25, 0.3) is 5.91 Å². The summed E-state index contributed by atoms with van der Waals surface area (Å²) in [6.07, 6.45) is 0. The summed E-state index contributed by atoms with van der Waals surface area (Å²) in [6, 6.07) is 24.3. The maximum absolute atomic E-state index is 13.2. The van der Waals surface area contributed by atoms with Crippen molar-refractivity contribution in [2.45, 2.75) is 12.6 Å². The molecular weight excluding hydrogens is 378 g/mol. The van der Waals surface area contributed by atoms with Crippen LogP contribution in [0, 0.1) is 0 Å². The highest BCUT2D eigenvalue weighted by molar-refractivity contribution is 6.05. The summed E-state index contributed by atoms with van der Waals surface area (Å²) in [7, 11) is 3.21. The maximum Gasteiger partial charge on any atom is 0.290 e. The molecule has 5 heteroatoms. The van der Waals surface area contributed by atoms with Crippen molar-refractivity contribution < 1.29 is 19.4 Å². The van der Waals surface area contributed by atoms with Gasteiger partial charge in [0.1, 0.15) is 11.5 Å². The highest BCUT2D eigenvalue weighted by atomic mass is 16.5. The number of aliphatic hydroxyl groups excluding tert-OH is 1. The third-order valence-corrected chi connectivity index (χ3v) is 5.35. The number of benzene rings is 3. The number of carbonyl (C=O) groups is 1. The van der Waals surface area contributed by atoms with E-state index >= 15 is 0 Å². The fourth-order valence-electron chi connectivity index (χ4n) is 3.88. The minimum atomic E-state index is -0.419. The summed E-state index contributed by atoms with van der Waals surface area (Å²) in [6.45, 7) is 0.312. The number of hydrogen-bond donors (Lipinski definition) is 1. The second kappa shape index (κ2) is 8.33. The van der Waals surface area contributed by atoms with Crippen LogP contribution in [0.25, 0.3) is 5.57 Å². The number of amides is 1. The number of methoxy groups -OCH3 is 2. The molecule has 0 aromatic heterocycles. The van der Waals surface area contributed by atoms with Gasteiger partial charge in [-0.3, -0.25) is 4.79 Å². The van der Waals surface area contributed by atoms with Gasteiger partial charge in [0.15, 0.2) is 5.76 Å². The summed E-state index contributed by atoms with van der Waals surface area (Å²) >= 11 is 0. The van der Waals surface area contributed by atoms with Crippen molar-refractivity contribution >= 4 is 11.5 Å². The van der Waals surface area contributed by atoms with Crippen LogP contribution < -0.4 is 9.47 Å². The molecule has 3 aromatic rings. The molecule has 30 heavy (non-hydrogen) atoms. The van der Waals surface area contributed by atoms with E-state index in [0.29, 0.717) is 23.6 Å². The van der Waals surface area contributed by atoms with Gasteiger partial charge in [0, 0.05) is 11.1 Å². The molecule has 0 spiro atoms. The average molecular weight is 401 g/mol. The van der Waals surface area contributed by atoms with Gasteiger partial charge in [0.05, 0.1) is 26.8 Å². The van der Waals surface area contributed by atoms with Gasteiger partial charge in [-0.15, -0.1) is 0 Å². The molecule has 1 aliphatic rings. The molecule has 1 N–H and O–H groups in total. The molecule has 0 saturated heterocycles. The molecule has 4 rings (SSSR count). The topological polar surface area (TPSA) is 59.0 Å². The molecule has 0 aliphatic carbocycles. The quantitative estimate of drug-likeness (QED) is 0.647. The Bertz CT molecular complexity index is 1070. The second-order valence-electron chi connectivity index (χ2n) is 7.05. The Balaban J connectivity index is 1.80. The second-order valence-corrected chi connectivity index (χ2v) is 7.05. The zero-order valence-electron chi connectivity index (χ0n) is 16.9. The molecule has 5 nitrogen and oxygen atoms in total. The third-order valence-electron chi connectivity index (χ3n) is 5.35. The molecule has 0 radical (unpaired) electrons. The van der Waals surface area contributed by atoms with E-state index in [1.807, 2.05) is 78.9 Å². The minimum Gasteiger partial charge on any atom is -0.503 e. The van der Waals surface area contributed by atoms with Crippen LogP contribution in [0.4, 0.5) is 0 Å². The van der Waals surface area contributed by atoms with Gasteiger partial charge in [-0.1, -0.05) is 60.7 Å². The van der Waals surface area contributed by atoms with Gasteiger partial charge in [-0.25, -0.2) is 0 Å². The van der Waals surface area contributed by atoms with E-state index in [-0.39, 0.29) is 5.76 Å². The highest BCUT2D eigenvalue weighted by Gasteiger charge is 2.41. The van der Waals surface area contributed by atoms with Crippen molar-refractivity contribution in [1.29, 1.82) is 0 Å². The zero-order chi connectivity index (χ0) is 21.1. The number of aliphatic hydroxyl groups is 1. The fraction of sp³-hybridized carbons (Fsp3) is 0.160. The summed E-state index contributed by atoms with van der Waals surface area (Å²) < 4.78 is 10.7. The molecule has 0 unspecified atom stereocenters. The predicted octanol–water partition coefficient (Wildman–Crippen LogP) is 4.76. The number of para-hydroxylation sites is 1. The lowest BCUT2D eigenvalue weighted by Crippen LogP contribution is -2.30. The Morgan fingerprint density at radius 2 is 1.53 bits per heavy atom. The molecule has 1 heterocycles. The van der Waals surface area contributed by atoms with Crippen LogP contribution in [-0.2, 0) is 11.3 Å². The van der Waals surface area contributed by atoms with Crippen LogP contribution in [0.1, 0.15) is 22.7 Å². The molecule has 1 aliphatic heterocycles. The van der Waals surface area contributed by atoms with Crippen molar-refractivity contribution in [1.82, 2.24) is 4.90 Å². The number of rotatable bonds is 6. The molecule has 152 valence electrons. The van der Waals surface area contributed by atoms with Crippen LogP contribution in [0.3, 0.4) is 0 Å². The lowest BCUT2D eigenvalue weighted by Gasteiger charge is -2.28. The van der Waals surface area contributed by atoms with Gasteiger partial charge >= 0.3 is 0 Å². The van der Waals surface area contributed by atoms with Crippen LogP contribution in [-0.4, -0.2) is 30.1 Å². The SMILES string of the molecule is COc1ccc(C2=C(O)C(=O)N(Cc3ccccc3OC)[C@H]2c2ccccc2)cc1. The van der Waals surface area contributed by atoms with Crippen LogP contribution >= 0.6 is 0 Å². The summed E-state index contributed by atoms with van der Waals surface area (Å²) in [5, 5.41) is 10.9. The average Bonchev–Trinajstić information content (AvgIpc) is 3.05. The smallest absolute Gasteiger partial charge is 0.290 e. The Morgan fingerprint density at radius 3 is 2.20 bits per heavy atom. The van der Waals surface area contributed by atoms with Gasteiger partial charge in [-0.2, -0.15) is 0 Å². The fourth-order valence-corrected chi connectivity index (χ4v) is 3.88. The highest BCUT2D eigenvalue weighted by Crippen LogP contribution is 2.44. The normalized spacial score (nSPS) is 16.1. The predicted molar refractivity (Wildman–Crippen MR) is 115 cm³/mol. The lowest BCUT2D eigenvalue weighted by atomic mass is 9.93. The maximum atomic E-state index is 13.2. The Morgan fingerprint density at radius 1 is 0.867 bits per heavy atom. The van der Waals surface area contributed by atoms with Crippen molar-refractivity contribution in [3.05, 3.63) is 101 Å².